The van der Waals surface area contributed by atoms with Gasteiger partial charge in [0, 0.05) is 6.42 Å². The first-order valence-electron chi connectivity index (χ1n) is 5.19. The van der Waals surface area contributed by atoms with Gasteiger partial charge >= 0.3 is 12.1 Å². The molecular formula is C11H11ClO5S. The molecule has 1 heterocycles. The lowest BCUT2D eigenvalue weighted by Crippen LogP contribution is -2.14. The molecular weight excluding hydrogens is 280 g/mol. The van der Waals surface area contributed by atoms with Gasteiger partial charge in [0.1, 0.15) is 0 Å². The van der Waals surface area contributed by atoms with Gasteiger partial charge in [-0.25, -0.2) is 4.79 Å². The van der Waals surface area contributed by atoms with Crippen LogP contribution in [0.25, 0.3) is 0 Å². The summed E-state index contributed by atoms with van der Waals surface area (Å²) in [5, 5.41) is 0. The molecule has 1 aromatic rings. The Morgan fingerprint density at radius 2 is 2.00 bits per heavy atom. The van der Waals surface area contributed by atoms with Crippen LogP contribution >= 0.6 is 22.9 Å². The van der Waals surface area contributed by atoms with E-state index in [1.54, 1.807) is 19.1 Å². The second-order valence-corrected chi connectivity index (χ2v) is 4.90. The smallest absolute Gasteiger partial charge is 0.434 e. The molecule has 1 rings (SSSR count). The first kappa shape index (κ1) is 14.7. The standard InChI is InChI=1S/C11H11ClO5S/c1-2-16-11(15)17-10(14)6-3-7(13)8-4-5-9(12)18-8/h4-5H,2-3,6H2,1H3. The summed E-state index contributed by atoms with van der Waals surface area (Å²) in [4.78, 5) is 34.1. The van der Waals surface area contributed by atoms with Crippen molar-refractivity contribution in [3.05, 3.63) is 21.3 Å². The summed E-state index contributed by atoms with van der Waals surface area (Å²) in [7, 11) is 0. The Kier molecular flexibility index (Phi) is 5.80. The average Bonchev–Trinajstić information content (AvgIpc) is 2.73. The first-order valence-corrected chi connectivity index (χ1v) is 6.38. The molecule has 0 saturated carbocycles. The third kappa shape index (κ3) is 4.85. The number of carbonyl (C=O) groups excluding carboxylic acids is 3. The summed E-state index contributed by atoms with van der Waals surface area (Å²) in [6.07, 6.45) is -1.25. The summed E-state index contributed by atoms with van der Waals surface area (Å²) >= 11 is 6.83. The van der Waals surface area contributed by atoms with Gasteiger partial charge in [0.15, 0.2) is 5.78 Å². The zero-order valence-electron chi connectivity index (χ0n) is 9.60. The minimum absolute atomic E-state index is 0.0327. The SMILES string of the molecule is CCOC(=O)OC(=O)CCC(=O)c1ccc(Cl)s1. The van der Waals surface area contributed by atoms with Crippen LogP contribution in [0, 0.1) is 0 Å². The fraction of sp³-hybridized carbons (Fsp3) is 0.364. The van der Waals surface area contributed by atoms with Crippen LogP contribution in [0.1, 0.15) is 29.4 Å². The van der Waals surface area contributed by atoms with E-state index < -0.39 is 12.1 Å². The summed E-state index contributed by atoms with van der Waals surface area (Å²) in [6, 6.07) is 3.20. The third-order valence-electron chi connectivity index (χ3n) is 1.86. The molecule has 1 aromatic heterocycles. The molecule has 98 valence electrons. The summed E-state index contributed by atoms with van der Waals surface area (Å²) < 4.78 is 9.24. The van der Waals surface area contributed by atoms with Crippen molar-refractivity contribution in [3.63, 3.8) is 0 Å². The summed E-state index contributed by atoms with van der Waals surface area (Å²) in [5.41, 5.74) is 0. The van der Waals surface area contributed by atoms with Crippen molar-refractivity contribution in [1.29, 1.82) is 0 Å². The number of carbonyl (C=O) groups is 3. The monoisotopic (exact) mass is 290 g/mol. The number of ketones is 1. The van der Waals surface area contributed by atoms with Crippen molar-refractivity contribution in [1.82, 2.24) is 0 Å². The lowest BCUT2D eigenvalue weighted by atomic mass is 10.2. The second kappa shape index (κ2) is 7.13. The number of thiophene rings is 1. The van der Waals surface area contributed by atoms with E-state index >= 15 is 0 Å². The number of hydrogen-bond acceptors (Lipinski definition) is 6. The van der Waals surface area contributed by atoms with Gasteiger partial charge in [-0.3, -0.25) is 9.59 Å². The van der Waals surface area contributed by atoms with E-state index in [9.17, 15) is 14.4 Å². The Morgan fingerprint density at radius 1 is 1.28 bits per heavy atom. The van der Waals surface area contributed by atoms with E-state index in [0.717, 1.165) is 11.3 Å². The van der Waals surface area contributed by atoms with Crippen LogP contribution in [0.3, 0.4) is 0 Å². The first-order chi connectivity index (χ1) is 8.52. The van der Waals surface area contributed by atoms with E-state index in [0.29, 0.717) is 9.21 Å². The fourth-order valence-electron chi connectivity index (χ4n) is 1.09. The molecule has 0 aliphatic carbocycles. The maximum Gasteiger partial charge on any atom is 0.516 e. The molecule has 0 saturated heterocycles. The fourth-order valence-corrected chi connectivity index (χ4v) is 2.10. The normalized spacial score (nSPS) is 9.89. The molecule has 0 aliphatic rings. The molecule has 0 bridgehead atoms. The van der Waals surface area contributed by atoms with Gasteiger partial charge in [0.25, 0.3) is 0 Å². The summed E-state index contributed by atoms with van der Waals surface area (Å²) in [5.74, 6) is -1.00. The van der Waals surface area contributed by atoms with Crippen molar-refractivity contribution in [2.45, 2.75) is 19.8 Å². The topological polar surface area (TPSA) is 69.7 Å². The highest BCUT2D eigenvalue weighted by molar-refractivity contribution is 7.18. The van der Waals surface area contributed by atoms with Gasteiger partial charge in [-0.1, -0.05) is 11.6 Å². The molecule has 0 amide bonds. The number of halogens is 1. The maximum atomic E-state index is 11.6. The van der Waals surface area contributed by atoms with Crippen molar-refractivity contribution >= 4 is 40.8 Å². The van der Waals surface area contributed by atoms with Gasteiger partial charge in [-0.05, 0) is 19.1 Å². The van der Waals surface area contributed by atoms with Crippen molar-refractivity contribution in [3.8, 4) is 0 Å². The Bertz CT molecular complexity index is 454. The molecule has 0 aliphatic heterocycles. The predicted molar refractivity (Wildman–Crippen MR) is 66.0 cm³/mol. The number of ether oxygens (including phenoxy) is 2. The minimum atomic E-state index is -1.05. The second-order valence-electron chi connectivity index (χ2n) is 3.18. The van der Waals surface area contributed by atoms with Crippen molar-refractivity contribution < 1.29 is 23.9 Å². The molecule has 0 spiro atoms. The van der Waals surface area contributed by atoms with Crippen LogP contribution in [0.15, 0.2) is 12.1 Å². The molecule has 0 N–H and O–H groups in total. The highest BCUT2D eigenvalue weighted by Gasteiger charge is 2.15. The lowest BCUT2D eigenvalue weighted by Gasteiger charge is -2.01. The number of Topliss-reactive ketones (excluding diaryl/α,β-unsaturated/α-hetero) is 1. The molecule has 18 heavy (non-hydrogen) atoms. The van der Waals surface area contributed by atoms with E-state index in [1.807, 2.05) is 0 Å². The molecule has 0 unspecified atom stereocenters. The Labute approximate surface area is 113 Å². The quantitative estimate of drug-likeness (QED) is 0.473. The van der Waals surface area contributed by atoms with Crippen LogP contribution in [-0.2, 0) is 14.3 Å². The van der Waals surface area contributed by atoms with Crippen LogP contribution in [-0.4, -0.2) is 24.5 Å². The third-order valence-corrected chi connectivity index (χ3v) is 3.14. The molecule has 0 atom stereocenters. The number of esters is 1. The average molecular weight is 291 g/mol. The molecule has 0 radical (unpaired) electrons. The zero-order valence-corrected chi connectivity index (χ0v) is 11.2. The predicted octanol–water partition coefficient (Wildman–Crippen LogP) is 3.06. The largest absolute Gasteiger partial charge is 0.516 e. The van der Waals surface area contributed by atoms with Crippen LogP contribution < -0.4 is 0 Å². The van der Waals surface area contributed by atoms with Gasteiger partial charge in [-0.2, -0.15) is 0 Å². The van der Waals surface area contributed by atoms with Crippen LogP contribution in [0.2, 0.25) is 4.34 Å². The van der Waals surface area contributed by atoms with Gasteiger partial charge in [0.05, 0.1) is 22.2 Å². The number of hydrogen-bond donors (Lipinski definition) is 0. The molecule has 5 nitrogen and oxygen atoms in total. The van der Waals surface area contributed by atoms with E-state index in [1.165, 1.54) is 0 Å². The van der Waals surface area contributed by atoms with Crippen LogP contribution in [0.5, 0.6) is 0 Å². The van der Waals surface area contributed by atoms with Crippen molar-refractivity contribution in [2.24, 2.45) is 0 Å². The van der Waals surface area contributed by atoms with Gasteiger partial charge < -0.3 is 9.47 Å². The highest BCUT2D eigenvalue weighted by Crippen LogP contribution is 2.22. The summed E-state index contributed by atoms with van der Waals surface area (Å²) in [6.45, 7) is 1.72. The van der Waals surface area contributed by atoms with Crippen molar-refractivity contribution in [2.75, 3.05) is 6.61 Å². The maximum absolute atomic E-state index is 11.6. The van der Waals surface area contributed by atoms with Gasteiger partial charge in [0.2, 0.25) is 0 Å². The lowest BCUT2D eigenvalue weighted by molar-refractivity contribution is -0.139. The minimum Gasteiger partial charge on any atom is -0.434 e. The Hall–Kier alpha value is -1.40. The zero-order chi connectivity index (χ0) is 13.5. The molecule has 0 aromatic carbocycles. The molecule has 7 heteroatoms. The molecule has 0 fully saturated rings. The van der Waals surface area contributed by atoms with Gasteiger partial charge in [-0.15, -0.1) is 11.3 Å². The highest BCUT2D eigenvalue weighted by atomic mass is 35.5. The van der Waals surface area contributed by atoms with E-state index in [-0.39, 0.29) is 25.2 Å². The Balaban J connectivity index is 2.34. The van der Waals surface area contributed by atoms with Crippen LogP contribution in [0.4, 0.5) is 4.79 Å². The van der Waals surface area contributed by atoms with E-state index in [2.05, 4.69) is 9.47 Å². The van der Waals surface area contributed by atoms with E-state index in [4.69, 9.17) is 11.6 Å². The Morgan fingerprint density at radius 3 is 2.56 bits per heavy atom. The number of rotatable bonds is 5.